The van der Waals surface area contributed by atoms with Gasteiger partial charge in [0.05, 0.1) is 6.20 Å². The van der Waals surface area contributed by atoms with Crippen LogP contribution in [-0.2, 0) is 4.79 Å². The average Bonchev–Trinajstić information content (AvgIpc) is 3.15. The van der Waals surface area contributed by atoms with E-state index in [-0.39, 0.29) is 11.8 Å². The Hall–Kier alpha value is -2.44. The summed E-state index contributed by atoms with van der Waals surface area (Å²) in [5.74, 6) is -0.188. The number of imidazole rings is 1. The zero-order chi connectivity index (χ0) is 15.2. The number of hydrogen-bond acceptors (Lipinski definition) is 4. The molecule has 7 nitrogen and oxygen atoms in total. The Morgan fingerprint density at radius 2 is 2.18 bits per heavy atom. The highest BCUT2D eigenvalue weighted by Gasteiger charge is 2.51. The Morgan fingerprint density at radius 3 is 3.05 bits per heavy atom. The lowest BCUT2D eigenvalue weighted by Gasteiger charge is -2.39. The molecule has 0 aromatic carbocycles. The Labute approximate surface area is 127 Å². The maximum absolute atomic E-state index is 13.0. The van der Waals surface area contributed by atoms with E-state index in [0.717, 1.165) is 25.7 Å². The molecule has 2 aromatic rings. The third-order valence-corrected chi connectivity index (χ3v) is 4.71. The molecule has 1 N–H and O–H groups in total. The molecule has 4 heterocycles. The molecule has 2 saturated heterocycles. The summed E-state index contributed by atoms with van der Waals surface area (Å²) in [7, 11) is 0. The van der Waals surface area contributed by atoms with Crippen molar-refractivity contribution in [2.45, 2.75) is 31.2 Å². The van der Waals surface area contributed by atoms with Gasteiger partial charge in [-0.3, -0.25) is 9.59 Å². The van der Waals surface area contributed by atoms with Crippen molar-refractivity contribution >= 4 is 17.5 Å². The fourth-order valence-electron chi connectivity index (χ4n) is 3.64. The van der Waals surface area contributed by atoms with Crippen LogP contribution >= 0.6 is 0 Å². The second kappa shape index (κ2) is 4.79. The van der Waals surface area contributed by atoms with Crippen LogP contribution in [0.3, 0.4) is 0 Å². The van der Waals surface area contributed by atoms with Crippen molar-refractivity contribution in [3.8, 4) is 0 Å². The van der Waals surface area contributed by atoms with E-state index in [2.05, 4.69) is 15.4 Å². The number of nitrogens with zero attached hydrogens (tertiary/aromatic N) is 4. The van der Waals surface area contributed by atoms with Crippen molar-refractivity contribution in [1.82, 2.24) is 24.8 Å². The van der Waals surface area contributed by atoms with E-state index in [0.29, 0.717) is 24.4 Å². The van der Waals surface area contributed by atoms with Crippen molar-refractivity contribution in [2.75, 3.05) is 13.1 Å². The van der Waals surface area contributed by atoms with Gasteiger partial charge in [-0.25, -0.2) is 9.50 Å². The van der Waals surface area contributed by atoms with Crippen LogP contribution in [0.15, 0.2) is 24.5 Å². The lowest BCUT2D eigenvalue weighted by molar-refractivity contribution is -0.133. The highest BCUT2D eigenvalue weighted by Crippen LogP contribution is 2.36. The van der Waals surface area contributed by atoms with Gasteiger partial charge in [0.2, 0.25) is 5.91 Å². The van der Waals surface area contributed by atoms with Crippen LogP contribution in [0.4, 0.5) is 0 Å². The molecule has 0 saturated carbocycles. The number of carbonyl (C=O) groups is 2. The van der Waals surface area contributed by atoms with Gasteiger partial charge in [-0.2, -0.15) is 5.10 Å². The quantitative estimate of drug-likeness (QED) is 0.837. The SMILES string of the molecule is O=C(c1cnc2cccnn12)N1CCCC12CCCNC2=O. The van der Waals surface area contributed by atoms with E-state index in [9.17, 15) is 9.59 Å². The lowest BCUT2D eigenvalue weighted by Crippen LogP contribution is -2.60. The number of piperidine rings is 1. The molecule has 2 amide bonds. The molecule has 2 aliphatic heterocycles. The monoisotopic (exact) mass is 299 g/mol. The molecule has 4 rings (SSSR count). The van der Waals surface area contributed by atoms with Crippen molar-refractivity contribution in [2.24, 2.45) is 0 Å². The third kappa shape index (κ3) is 1.74. The van der Waals surface area contributed by atoms with Crippen LogP contribution in [0.1, 0.15) is 36.2 Å². The maximum Gasteiger partial charge on any atom is 0.275 e. The summed E-state index contributed by atoms with van der Waals surface area (Å²) in [5, 5.41) is 7.10. The molecule has 0 bridgehead atoms. The summed E-state index contributed by atoms with van der Waals surface area (Å²) in [6.45, 7) is 1.30. The first kappa shape index (κ1) is 13.2. The molecule has 7 heteroatoms. The standard InChI is InChI=1S/C15H17N5O2/c21-13(11-10-17-12-4-1-8-18-20(11)12)19-9-3-6-15(19)5-2-7-16-14(15)22/h1,4,8,10H,2-3,5-7,9H2,(H,16,22). The van der Waals surface area contributed by atoms with E-state index >= 15 is 0 Å². The summed E-state index contributed by atoms with van der Waals surface area (Å²) < 4.78 is 1.54. The van der Waals surface area contributed by atoms with Crippen LogP contribution in [0.25, 0.3) is 5.65 Å². The number of rotatable bonds is 1. The van der Waals surface area contributed by atoms with Crippen molar-refractivity contribution in [3.05, 3.63) is 30.2 Å². The number of likely N-dealkylation sites (tertiary alicyclic amines) is 1. The van der Waals surface area contributed by atoms with Gasteiger partial charge in [-0.05, 0) is 37.8 Å². The molecule has 22 heavy (non-hydrogen) atoms. The third-order valence-electron chi connectivity index (χ3n) is 4.71. The van der Waals surface area contributed by atoms with Gasteiger partial charge in [0.25, 0.3) is 5.91 Å². The minimum Gasteiger partial charge on any atom is -0.354 e. The Kier molecular flexibility index (Phi) is 2.88. The first-order chi connectivity index (χ1) is 10.7. The van der Waals surface area contributed by atoms with Gasteiger partial charge >= 0.3 is 0 Å². The van der Waals surface area contributed by atoms with E-state index < -0.39 is 5.54 Å². The van der Waals surface area contributed by atoms with E-state index in [4.69, 9.17) is 0 Å². The van der Waals surface area contributed by atoms with Crippen molar-refractivity contribution < 1.29 is 9.59 Å². The molecule has 1 spiro atoms. The minimum atomic E-state index is -0.686. The number of hydrogen-bond donors (Lipinski definition) is 1. The predicted molar refractivity (Wildman–Crippen MR) is 78.2 cm³/mol. The fourth-order valence-corrected chi connectivity index (χ4v) is 3.64. The highest BCUT2D eigenvalue weighted by molar-refractivity contribution is 5.99. The molecule has 2 aromatic heterocycles. The van der Waals surface area contributed by atoms with Gasteiger partial charge in [-0.1, -0.05) is 0 Å². The molecule has 0 radical (unpaired) electrons. The average molecular weight is 299 g/mol. The van der Waals surface area contributed by atoms with Crippen LogP contribution in [0.5, 0.6) is 0 Å². The Morgan fingerprint density at radius 1 is 1.32 bits per heavy atom. The highest BCUT2D eigenvalue weighted by atomic mass is 16.2. The number of aromatic nitrogens is 3. The molecule has 0 aliphatic carbocycles. The normalized spacial score (nSPS) is 24.9. The summed E-state index contributed by atoms with van der Waals surface area (Å²) in [6, 6.07) is 3.58. The molecule has 114 valence electrons. The van der Waals surface area contributed by atoms with Crippen LogP contribution in [-0.4, -0.2) is 49.9 Å². The Bertz CT molecular complexity index is 755. The number of fused-ring (bicyclic) bond motifs is 1. The second-order valence-electron chi connectivity index (χ2n) is 5.89. The zero-order valence-corrected chi connectivity index (χ0v) is 12.2. The molecule has 1 atom stereocenters. The first-order valence-corrected chi connectivity index (χ1v) is 7.61. The van der Waals surface area contributed by atoms with E-state index in [1.165, 1.54) is 10.7 Å². The molecular formula is C15H17N5O2. The van der Waals surface area contributed by atoms with Crippen molar-refractivity contribution in [3.63, 3.8) is 0 Å². The van der Waals surface area contributed by atoms with Gasteiger partial charge in [0, 0.05) is 19.3 Å². The lowest BCUT2D eigenvalue weighted by atomic mass is 9.86. The Balaban J connectivity index is 1.74. The summed E-state index contributed by atoms with van der Waals surface area (Å²) in [5.41, 5.74) is 0.358. The molecule has 2 aliphatic rings. The van der Waals surface area contributed by atoms with Crippen LogP contribution < -0.4 is 5.32 Å². The number of nitrogens with one attached hydrogen (secondary N) is 1. The number of amides is 2. The first-order valence-electron chi connectivity index (χ1n) is 7.61. The number of carbonyl (C=O) groups excluding carboxylic acids is 2. The summed E-state index contributed by atoms with van der Waals surface area (Å²) in [4.78, 5) is 31.3. The molecule has 1 unspecified atom stereocenters. The second-order valence-corrected chi connectivity index (χ2v) is 5.89. The van der Waals surface area contributed by atoms with E-state index in [1.54, 1.807) is 23.2 Å². The van der Waals surface area contributed by atoms with Crippen LogP contribution in [0.2, 0.25) is 0 Å². The molecular weight excluding hydrogens is 282 g/mol. The minimum absolute atomic E-state index is 0.0219. The summed E-state index contributed by atoms with van der Waals surface area (Å²) in [6.07, 6.45) is 6.38. The fraction of sp³-hybridized carbons (Fsp3) is 0.467. The maximum atomic E-state index is 13.0. The largest absolute Gasteiger partial charge is 0.354 e. The molecule has 2 fully saturated rings. The van der Waals surface area contributed by atoms with Gasteiger partial charge in [0.1, 0.15) is 5.54 Å². The smallest absolute Gasteiger partial charge is 0.275 e. The van der Waals surface area contributed by atoms with E-state index in [1.807, 2.05) is 0 Å². The zero-order valence-electron chi connectivity index (χ0n) is 12.2. The van der Waals surface area contributed by atoms with Crippen molar-refractivity contribution in [1.29, 1.82) is 0 Å². The summed E-state index contributed by atoms with van der Waals surface area (Å²) >= 11 is 0. The van der Waals surface area contributed by atoms with Gasteiger partial charge in [0.15, 0.2) is 11.3 Å². The predicted octanol–water partition coefficient (Wildman–Crippen LogP) is 0.614. The van der Waals surface area contributed by atoms with Gasteiger partial charge in [-0.15, -0.1) is 0 Å². The van der Waals surface area contributed by atoms with Gasteiger partial charge < -0.3 is 10.2 Å². The topological polar surface area (TPSA) is 79.6 Å². The van der Waals surface area contributed by atoms with Crippen LogP contribution in [0, 0.1) is 0 Å².